The lowest BCUT2D eigenvalue weighted by Gasteiger charge is -1.94. The molecule has 0 bridgehead atoms. The van der Waals surface area contributed by atoms with Crippen molar-refractivity contribution in [2.24, 2.45) is 10.7 Å². The number of rotatable bonds is 0. The second-order valence-electron chi connectivity index (χ2n) is 2.53. The van der Waals surface area contributed by atoms with Crippen LogP contribution in [0.2, 0.25) is 0 Å². The van der Waals surface area contributed by atoms with Gasteiger partial charge in [0.05, 0.1) is 11.9 Å². The highest BCUT2D eigenvalue weighted by molar-refractivity contribution is 5.89. The van der Waals surface area contributed by atoms with Crippen LogP contribution in [0.1, 0.15) is 25.4 Å². The Morgan fingerprint density at radius 3 is 2.77 bits per heavy atom. The van der Waals surface area contributed by atoms with Crippen molar-refractivity contribution >= 4 is 11.5 Å². The molecule has 2 N–H and O–H groups in total. The van der Waals surface area contributed by atoms with Crippen molar-refractivity contribution in [1.82, 2.24) is 9.97 Å². The van der Waals surface area contributed by atoms with Gasteiger partial charge in [0.1, 0.15) is 17.3 Å². The van der Waals surface area contributed by atoms with Crippen LogP contribution in [0.4, 0.5) is 5.69 Å². The first-order valence-electron chi connectivity index (χ1n) is 4.41. The van der Waals surface area contributed by atoms with Gasteiger partial charge in [-0.05, 0) is 6.92 Å². The molecule has 0 aliphatic carbocycles. The molecule has 1 aliphatic heterocycles. The summed E-state index contributed by atoms with van der Waals surface area (Å²) >= 11 is 0. The lowest BCUT2D eigenvalue weighted by molar-refractivity contribution is 1.00. The second-order valence-corrected chi connectivity index (χ2v) is 2.53. The van der Waals surface area contributed by atoms with E-state index < -0.39 is 0 Å². The van der Waals surface area contributed by atoms with Crippen molar-refractivity contribution in [3.05, 3.63) is 17.7 Å². The molecule has 0 atom stereocenters. The molecule has 1 aromatic heterocycles. The Labute approximate surface area is 77.9 Å². The third kappa shape index (κ3) is 2.02. The number of nitrogens with zero attached hydrogens (tertiary/aromatic N) is 3. The molecule has 70 valence electrons. The molecule has 1 aromatic rings. The first kappa shape index (κ1) is 9.64. The molecule has 0 amide bonds. The van der Waals surface area contributed by atoms with Crippen molar-refractivity contribution in [3.8, 4) is 0 Å². The van der Waals surface area contributed by atoms with Gasteiger partial charge in [0.15, 0.2) is 0 Å². The summed E-state index contributed by atoms with van der Waals surface area (Å²) in [6, 6.07) is 0. The van der Waals surface area contributed by atoms with Crippen LogP contribution in [0.5, 0.6) is 0 Å². The molecule has 0 unspecified atom stereocenters. The fraction of sp³-hybridized carbons (Fsp3) is 0.444. The van der Waals surface area contributed by atoms with Gasteiger partial charge in [0, 0.05) is 6.42 Å². The maximum Gasteiger partial charge on any atom is 0.125 e. The van der Waals surface area contributed by atoms with Crippen LogP contribution in [0.3, 0.4) is 0 Å². The monoisotopic (exact) mass is 178 g/mol. The highest BCUT2D eigenvalue weighted by atomic mass is 15.0. The number of hydrogen-bond acceptors (Lipinski definition) is 4. The minimum atomic E-state index is 0.625. The van der Waals surface area contributed by atoms with Crippen LogP contribution in [0.15, 0.2) is 11.2 Å². The van der Waals surface area contributed by atoms with Crippen LogP contribution >= 0.6 is 0 Å². The van der Waals surface area contributed by atoms with E-state index in [-0.39, 0.29) is 0 Å². The van der Waals surface area contributed by atoms with Crippen LogP contribution in [0, 0.1) is 6.92 Å². The lowest BCUT2D eigenvalue weighted by atomic mass is 10.3. The van der Waals surface area contributed by atoms with Gasteiger partial charge in [0.25, 0.3) is 0 Å². The van der Waals surface area contributed by atoms with E-state index in [2.05, 4.69) is 15.0 Å². The molecule has 0 aromatic carbocycles. The summed E-state index contributed by atoms with van der Waals surface area (Å²) in [4.78, 5) is 12.3. The molecule has 0 spiro atoms. The summed E-state index contributed by atoms with van der Waals surface area (Å²) < 4.78 is 0. The maximum atomic E-state index is 5.52. The summed E-state index contributed by atoms with van der Waals surface area (Å²) in [7, 11) is 0. The number of aliphatic imine (C=N–C) groups is 1. The van der Waals surface area contributed by atoms with Gasteiger partial charge < -0.3 is 5.73 Å². The number of hydrogen-bond donors (Lipinski definition) is 1. The maximum absolute atomic E-state index is 5.52. The predicted octanol–water partition coefficient (Wildman–Crippen LogP) is 1.36. The van der Waals surface area contributed by atoms with Gasteiger partial charge in [-0.15, -0.1) is 0 Å². The van der Waals surface area contributed by atoms with Crippen LogP contribution in [-0.4, -0.2) is 15.8 Å². The second kappa shape index (κ2) is 3.98. The molecular formula is C9H14N4. The zero-order chi connectivity index (χ0) is 9.84. The zero-order valence-corrected chi connectivity index (χ0v) is 8.20. The van der Waals surface area contributed by atoms with Gasteiger partial charge in [-0.1, -0.05) is 13.8 Å². The predicted molar refractivity (Wildman–Crippen MR) is 53.1 cm³/mol. The fourth-order valence-electron chi connectivity index (χ4n) is 1.10. The molecular weight excluding hydrogens is 164 g/mol. The van der Waals surface area contributed by atoms with E-state index in [4.69, 9.17) is 5.73 Å². The Morgan fingerprint density at radius 1 is 1.38 bits per heavy atom. The minimum absolute atomic E-state index is 0.625. The largest absolute Gasteiger partial charge is 0.387 e. The van der Waals surface area contributed by atoms with Crippen molar-refractivity contribution in [3.63, 3.8) is 0 Å². The molecule has 0 saturated carbocycles. The first-order chi connectivity index (χ1) is 6.25. The van der Waals surface area contributed by atoms with Crippen molar-refractivity contribution in [2.45, 2.75) is 27.2 Å². The van der Waals surface area contributed by atoms with Gasteiger partial charge in [0.2, 0.25) is 0 Å². The highest BCUT2D eigenvalue weighted by Gasteiger charge is 2.13. The summed E-state index contributed by atoms with van der Waals surface area (Å²) in [5.74, 6) is 1.40. The lowest BCUT2D eigenvalue weighted by Crippen LogP contribution is -2.10. The molecule has 0 radical (unpaired) electrons. The summed E-state index contributed by atoms with van der Waals surface area (Å²) in [6.45, 7) is 5.86. The SMILES string of the molecule is CC.Cc1ncc2c(n1)CC(N)=N2. The number of fused-ring (bicyclic) bond motifs is 1. The van der Waals surface area contributed by atoms with E-state index in [1.807, 2.05) is 20.8 Å². The third-order valence-electron chi connectivity index (χ3n) is 1.58. The van der Waals surface area contributed by atoms with Gasteiger partial charge in [-0.3, -0.25) is 0 Å². The smallest absolute Gasteiger partial charge is 0.125 e. The van der Waals surface area contributed by atoms with Crippen LogP contribution in [0.25, 0.3) is 0 Å². The average Bonchev–Trinajstić information content (AvgIpc) is 2.48. The van der Waals surface area contributed by atoms with Crippen LogP contribution < -0.4 is 5.73 Å². The van der Waals surface area contributed by atoms with E-state index in [0.717, 1.165) is 17.2 Å². The Kier molecular flexibility index (Phi) is 2.95. The molecule has 1 aliphatic rings. The standard InChI is InChI=1S/C7H8N4.C2H6/c1-4-9-3-6-5(10-4)2-7(8)11-6;1-2/h3H,2H2,1H3,(H2,8,11);1-2H3. The van der Waals surface area contributed by atoms with Gasteiger partial charge in [-0.2, -0.15) is 0 Å². The number of nitrogens with two attached hydrogens (primary N) is 1. The Morgan fingerprint density at radius 2 is 2.08 bits per heavy atom. The van der Waals surface area contributed by atoms with E-state index >= 15 is 0 Å². The van der Waals surface area contributed by atoms with Crippen molar-refractivity contribution < 1.29 is 0 Å². The molecule has 2 rings (SSSR count). The van der Waals surface area contributed by atoms with Crippen molar-refractivity contribution in [2.75, 3.05) is 0 Å². The average molecular weight is 178 g/mol. The molecule has 4 nitrogen and oxygen atoms in total. The van der Waals surface area contributed by atoms with Gasteiger partial charge in [-0.25, -0.2) is 15.0 Å². The first-order valence-corrected chi connectivity index (χ1v) is 4.41. The molecule has 2 heterocycles. The van der Waals surface area contributed by atoms with Gasteiger partial charge >= 0.3 is 0 Å². The van der Waals surface area contributed by atoms with E-state index in [9.17, 15) is 0 Å². The highest BCUT2D eigenvalue weighted by Crippen LogP contribution is 2.21. The topological polar surface area (TPSA) is 64.2 Å². The summed E-state index contributed by atoms with van der Waals surface area (Å²) in [5.41, 5.74) is 7.27. The third-order valence-corrected chi connectivity index (χ3v) is 1.58. The molecule has 0 saturated heterocycles. The minimum Gasteiger partial charge on any atom is -0.387 e. The fourth-order valence-corrected chi connectivity index (χ4v) is 1.10. The Bertz CT molecular complexity index is 330. The number of aromatic nitrogens is 2. The van der Waals surface area contributed by atoms with E-state index in [0.29, 0.717) is 12.3 Å². The molecule has 13 heavy (non-hydrogen) atoms. The van der Waals surface area contributed by atoms with E-state index in [1.165, 1.54) is 0 Å². The summed E-state index contributed by atoms with van der Waals surface area (Å²) in [5, 5.41) is 0. The molecule has 0 fully saturated rings. The summed E-state index contributed by atoms with van der Waals surface area (Å²) in [6.07, 6.45) is 2.37. The van der Waals surface area contributed by atoms with Crippen LogP contribution in [-0.2, 0) is 6.42 Å². The Hall–Kier alpha value is -1.45. The Balaban J connectivity index is 0.000000396. The zero-order valence-electron chi connectivity index (χ0n) is 8.20. The van der Waals surface area contributed by atoms with Crippen molar-refractivity contribution in [1.29, 1.82) is 0 Å². The normalized spacial score (nSPS) is 12.7. The number of aryl methyl sites for hydroxylation is 1. The molecule has 4 heteroatoms. The van der Waals surface area contributed by atoms with E-state index in [1.54, 1.807) is 6.20 Å². The quantitative estimate of drug-likeness (QED) is 0.652. The number of amidine groups is 1.